The first-order valence-corrected chi connectivity index (χ1v) is 9.30. The quantitative estimate of drug-likeness (QED) is 0.507. The molecule has 0 aromatic carbocycles. The van der Waals surface area contributed by atoms with E-state index in [1.807, 2.05) is 67.1 Å². The summed E-state index contributed by atoms with van der Waals surface area (Å²) in [5, 5.41) is 0. The maximum Gasteiger partial charge on any atom is 0.0886 e. The molecule has 0 aliphatic rings. The van der Waals surface area contributed by atoms with Gasteiger partial charge >= 0.3 is 0 Å². The predicted molar refractivity (Wildman–Crippen MR) is 110 cm³/mol. The van der Waals surface area contributed by atoms with Gasteiger partial charge in [-0.05, 0) is 36.8 Å². The Morgan fingerprint density at radius 3 is 2.04 bits per heavy atom. The first-order chi connectivity index (χ1) is 11.2. The van der Waals surface area contributed by atoms with Crippen molar-refractivity contribution in [1.82, 2.24) is 4.98 Å². The van der Waals surface area contributed by atoms with Crippen LogP contribution in [0.25, 0.3) is 5.57 Å². The van der Waals surface area contributed by atoms with Gasteiger partial charge in [-0.25, -0.2) is 0 Å². The number of pyridine rings is 1. The van der Waals surface area contributed by atoms with Crippen molar-refractivity contribution < 1.29 is 0 Å². The molecule has 0 aliphatic carbocycles. The molecule has 0 N–H and O–H groups in total. The van der Waals surface area contributed by atoms with Crippen LogP contribution >= 0.6 is 0 Å². The molecular weight excluding hydrogens is 280 g/mol. The average molecular weight is 321 g/mol. The number of rotatable bonds is 5. The lowest BCUT2D eigenvalue weighted by Gasteiger charge is -2.17. The van der Waals surface area contributed by atoms with Crippen molar-refractivity contribution in [3.05, 3.63) is 30.1 Å². The van der Waals surface area contributed by atoms with Gasteiger partial charge in [-0.15, -0.1) is 0 Å². The topological polar surface area (TPSA) is 25.2 Å². The van der Waals surface area contributed by atoms with Crippen LogP contribution in [0.3, 0.4) is 0 Å². The van der Waals surface area contributed by atoms with E-state index in [1.165, 1.54) is 11.1 Å². The molecule has 0 saturated carbocycles. The Hall–Kier alpha value is -1.44. The van der Waals surface area contributed by atoms with E-state index in [0.717, 1.165) is 24.1 Å². The smallest absolute Gasteiger partial charge is 0.0886 e. The van der Waals surface area contributed by atoms with Gasteiger partial charge in [0.15, 0.2) is 0 Å². The molecule has 1 atom stereocenters. The summed E-state index contributed by atoms with van der Waals surface area (Å²) < 4.78 is 0. The van der Waals surface area contributed by atoms with Gasteiger partial charge in [0, 0.05) is 18.0 Å². The zero-order valence-corrected chi connectivity index (χ0v) is 17.3. The maximum absolute atomic E-state index is 4.40. The van der Waals surface area contributed by atoms with E-state index in [-0.39, 0.29) is 0 Å². The Kier molecular flexibility index (Phi) is 21.4. The van der Waals surface area contributed by atoms with Crippen LogP contribution in [0, 0.1) is 0 Å². The second-order valence-corrected chi connectivity index (χ2v) is 4.28. The second-order valence-electron chi connectivity index (χ2n) is 4.28. The van der Waals surface area contributed by atoms with Crippen molar-refractivity contribution in [1.29, 1.82) is 0 Å². The van der Waals surface area contributed by atoms with Crippen molar-refractivity contribution >= 4 is 17.5 Å². The van der Waals surface area contributed by atoms with Crippen molar-refractivity contribution in [2.45, 2.75) is 88.0 Å². The molecule has 2 heteroatoms. The van der Waals surface area contributed by atoms with Gasteiger partial charge in [0.05, 0.1) is 11.9 Å². The van der Waals surface area contributed by atoms with Gasteiger partial charge in [-0.2, -0.15) is 0 Å². The van der Waals surface area contributed by atoms with Gasteiger partial charge in [0.2, 0.25) is 0 Å². The summed E-state index contributed by atoms with van der Waals surface area (Å²) in [5.74, 6) is 0.493. The molecule has 1 aromatic rings. The largest absolute Gasteiger partial charge is 0.262 e. The van der Waals surface area contributed by atoms with Crippen LogP contribution in [0.4, 0.5) is 5.69 Å². The molecule has 2 nitrogen and oxygen atoms in total. The normalized spacial score (nSPS) is 10.3. The molecule has 0 aliphatic heterocycles. The Morgan fingerprint density at radius 1 is 1.13 bits per heavy atom. The van der Waals surface area contributed by atoms with Crippen LogP contribution in [0.1, 0.15) is 99.1 Å². The van der Waals surface area contributed by atoms with E-state index in [9.17, 15) is 0 Å². The monoisotopic (exact) mass is 320 g/mol. The predicted octanol–water partition coefficient (Wildman–Crippen LogP) is 7.82. The maximum atomic E-state index is 4.40. The molecule has 0 amide bonds. The molecule has 1 unspecified atom stereocenters. The molecule has 0 fully saturated rings. The fourth-order valence-electron chi connectivity index (χ4n) is 1.86. The SMILES string of the molecule is C=C(CC)c1c(N=CC)cncc1C(C)CC.CC.CC.CC. The lowest BCUT2D eigenvalue weighted by atomic mass is 9.90. The number of hydrogen-bond acceptors (Lipinski definition) is 2. The Balaban J connectivity index is -0.000000595. The highest BCUT2D eigenvalue weighted by atomic mass is 14.8. The van der Waals surface area contributed by atoms with E-state index in [4.69, 9.17) is 0 Å². The standard InChI is InChI=1S/C15H22N2.3C2H6/c1-6-11(4)13-9-16-10-14(17-8-3)15(13)12(5)7-2;3*1-2/h8-11H,5-7H2,1-4H3;3*1-2H3. The fourth-order valence-corrected chi connectivity index (χ4v) is 1.86. The van der Waals surface area contributed by atoms with Crippen molar-refractivity contribution in [2.24, 2.45) is 4.99 Å². The highest BCUT2D eigenvalue weighted by molar-refractivity contribution is 5.77. The van der Waals surface area contributed by atoms with Crippen LogP contribution in [0.5, 0.6) is 0 Å². The molecule has 0 bridgehead atoms. The number of aliphatic imine (C=N–C) groups is 1. The van der Waals surface area contributed by atoms with E-state index >= 15 is 0 Å². The number of aromatic nitrogens is 1. The van der Waals surface area contributed by atoms with Crippen LogP contribution < -0.4 is 0 Å². The molecule has 0 spiro atoms. The van der Waals surface area contributed by atoms with Crippen molar-refractivity contribution in [2.75, 3.05) is 0 Å². The molecule has 0 radical (unpaired) electrons. The summed E-state index contributed by atoms with van der Waals surface area (Å²) in [6.07, 6.45) is 7.63. The number of allylic oxidation sites excluding steroid dienone is 1. The summed E-state index contributed by atoms with van der Waals surface area (Å²) in [7, 11) is 0. The minimum absolute atomic E-state index is 0.493. The Labute approximate surface area is 146 Å². The highest BCUT2D eigenvalue weighted by Gasteiger charge is 2.14. The first-order valence-electron chi connectivity index (χ1n) is 9.30. The third-order valence-corrected chi connectivity index (χ3v) is 3.15. The van der Waals surface area contributed by atoms with Crippen LogP contribution in [0.15, 0.2) is 24.0 Å². The van der Waals surface area contributed by atoms with Gasteiger partial charge in [-0.3, -0.25) is 9.98 Å². The summed E-state index contributed by atoms with van der Waals surface area (Å²) in [6, 6.07) is 0. The van der Waals surface area contributed by atoms with Gasteiger partial charge in [-0.1, -0.05) is 68.9 Å². The average Bonchev–Trinajstić information content (AvgIpc) is 2.65. The van der Waals surface area contributed by atoms with Crippen molar-refractivity contribution in [3.8, 4) is 0 Å². The third kappa shape index (κ3) is 9.32. The third-order valence-electron chi connectivity index (χ3n) is 3.15. The number of nitrogens with zero attached hydrogens (tertiary/aromatic N) is 2. The zero-order valence-electron chi connectivity index (χ0n) is 17.3. The Bertz CT molecular complexity index is 420. The highest BCUT2D eigenvalue weighted by Crippen LogP contribution is 2.34. The molecular formula is C21H40N2. The first kappa shape index (κ1) is 26.5. The lowest BCUT2D eigenvalue weighted by molar-refractivity contribution is 0.727. The van der Waals surface area contributed by atoms with Gasteiger partial charge < -0.3 is 0 Å². The fraction of sp³-hybridized carbons (Fsp3) is 0.619. The number of hydrogen-bond donors (Lipinski definition) is 0. The summed E-state index contributed by atoms with van der Waals surface area (Å²) in [4.78, 5) is 8.70. The van der Waals surface area contributed by atoms with E-state index in [1.54, 1.807) is 0 Å². The van der Waals surface area contributed by atoms with Gasteiger partial charge in [0.25, 0.3) is 0 Å². The second kappa shape index (κ2) is 18.6. The summed E-state index contributed by atoms with van der Waals surface area (Å²) in [6.45, 7) is 24.6. The molecule has 134 valence electrons. The molecule has 1 aromatic heterocycles. The lowest BCUT2D eigenvalue weighted by Crippen LogP contribution is -1.99. The minimum Gasteiger partial charge on any atom is -0.262 e. The van der Waals surface area contributed by atoms with Crippen LogP contribution in [-0.2, 0) is 0 Å². The summed E-state index contributed by atoms with van der Waals surface area (Å²) in [5.41, 5.74) is 4.54. The van der Waals surface area contributed by atoms with E-state index in [2.05, 4.69) is 37.3 Å². The molecule has 1 rings (SSSR count). The molecule has 1 heterocycles. The van der Waals surface area contributed by atoms with Crippen molar-refractivity contribution in [3.63, 3.8) is 0 Å². The summed E-state index contributed by atoms with van der Waals surface area (Å²) >= 11 is 0. The molecule has 23 heavy (non-hydrogen) atoms. The van der Waals surface area contributed by atoms with Crippen LogP contribution in [-0.4, -0.2) is 11.2 Å². The van der Waals surface area contributed by atoms with E-state index in [0.29, 0.717) is 5.92 Å². The zero-order chi connectivity index (χ0) is 18.8. The Morgan fingerprint density at radius 2 is 1.65 bits per heavy atom. The van der Waals surface area contributed by atoms with Crippen LogP contribution in [0.2, 0.25) is 0 Å². The van der Waals surface area contributed by atoms with Gasteiger partial charge in [0.1, 0.15) is 0 Å². The van der Waals surface area contributed by atoms with E-state index < -0.39 is 0 Å². The minimum atomic E-state index is 0.493. The molecule has 0 saturated heterocycles.